The van der Waals surface area contributed by atoms with E-state index in [0.717, 1.165) is 27.9 Å². The van der Waals surface area contributed by atoms with Gasteiger partial charge < -0.3 is 15.5 Å². The molecule has 114 valence electrons. The molecule has 0 saturated heterocycles. The molecule has 1 unspecified atom stereocenters. The van der Waals surface area contributed by atoms with E-state index in [2.05, 4.69) is 26.6 Å². The van der Waals surface area contributed by atoms with Gasteiger partial charge in [0.25, 0.3) is 11.8 Å². The molecule has 3 N–H and O–H groups in total. The lowest BCUT2D eigenvalue weighted by Crippen LogP contribution is -3.15. The SMILES string of the molecule is C[C@H](C(=O)NC1CC1)[NH+](C)CC(=O)Nc1ccccc1Br. The van der Waals surface area contributed by atoms with Crippen molar-refractivity contribution in [2.45, 2.75) is 31.8 Å². The summed E-state index contributed by atoms with van der Waals surface area (Å²) in [7, 11) is 1.86. The van der Waals surface area contributed by atoms with Gasteiger partial charge in [-0.3, -0.25) is 9.59 Å². The van der Waals surface area contributed by atoms with Crippen LogP contribution >= 0.6 is 15.9 Å². The van der Waals surface area contributed by atoms with Crippen molar-refractivity contribution in [3.05, 3.63) is 28.7 Å². The first-order chi connectivity index (χ1) is 9.97. The molecule has 2 rings (SSSR count). The normalized spacial score (nSPS) is 16.9. The fourth-order valence-electron chi connectivity index (χ4n) is 1.94. The third-order valence-electron chi connectivity index (χ3n) is 3.64. The second-order valence-corrected chi connectivity index (χ2v) is 6.41. The van der Waals surface area contributed by atoms with E-state index in [-0.39, 0.29) is 24.4 Å². The minimum atomic E-state index is -0.240. The van der Waals surface area contributed by atoms with E-state index in [4.69, 9.17) is 0 Å². The topological polar surface area (TPSA) is 62.6 Å². The van der Waals surface area contributed by atoms with Crippen molar-refractivity contribution in [2.75, 3.05) is 18.9 Å². The lowest BCUT2D eigenvalue weighted by Gasteiger charge is -2.20. The average Bonchev–Trinajstić information content (AvgIpc) is 3.24. The van der Waals surface area contributed by atoms with Gasteiger partial charge in [0.15, 0.2) is 12.6 Å². The van der Waals surface area contributed by atoms with Crippen LogP contribution in [0.2, 0.25) is 0 Å². The number of anilines is 1. The molecule has 1 saturated carbocycles. The Morgan fingerprint density at radius 3 is 2.67 bits per heavy atom. The standard InChI is InChI=1S/C15H20BrN3O2/c1-10(15(21)17-11-7-8-11)19(2)9-14(20)18-13-6-4-3-5-12(13)16/h3-6,10-11H,7-9H2,1-2H3,(H,17,21)(H,18,20)/p+1/t10-/m1/s1. The van der Waals surface area contributed by atoms with Crippen molar-refractivity contribution < 1.29 is 14.5 Å². The van der Waals surface area contributed by atoms with Crippen LogP contribution in [-0.2, 0) is 9.59 Å². The molecule has 1 aromatic carbocycles. The van der Waals surface area contributed by atoms with Gasteiger partial charge in [-0.05, 0) is 47.8 Å². The number of carbonyl (C=O) groups is 2. The number of para-hydroxylation sites is 1. The lowest BCUT2D eigenvalue weighted by molar-refractivity contribution is -0.885. The molecule has 6 heteroatoms. The van der Waals surface area contributed by atoms with Crippen LogP contribution in [0.5, 0.6) is 0 Å². The Morgan fingerprint density at radius 2 is 2.05 bits per heavy atom. The zero-order valence-electron chi connectivity index (χ0n) is 12.3. The monoisotopic (exact) mass is 354 g/mol. The van der Waals surface area contributed by atoms with Crippen molar-refractivity contribution in [3.8, 4) is 0 Å². The molecule has 5 nitrogen and oxygen atoms in total. The summed E-state index contributed by atoms with van der Waals surface area (Å²) in [6, 6.07) is 7.57. The minimum absolute atomic E-state index is 0.0173. The van der Waals surface area contributed by atoms with E-state index in [1.165, 1.54) is 0 Å². The van der Waals surface area contributed by atoms with Gasteiger partial charge >= 0.3 is 0 Å². The zero-order chi connectivity index (χ0) is 15.4. The van der Waals surface area contributed by atoms with Crippen LogP contribution < -0.4 is 15.5 Å². The number of halogens is 1. The summed E-state index contributed by atoms with van der Waals surface area (Å²) in [5, 5.41) is 5.82. The molecule has 0 heterocycles. The van der Waals surface area contributed by atoms with Crippen molar-refractivity contribution in [1.29, 1.82) is 0 Å². The first-order valence-corrected chi connectivity index (χ1v) is 7.93. The molecule has 0 spiro atoms. The van der Waals surface area contributed by atoms with Crippen LogP contribution in [0.25, 0.3) is 0 Å². The Hall–Kier alpha value is -1.40. The van der Waals surface area contributed by atoms with Crippen LogP contribution in [0.3, 0.4) is 0 Å². The van der Waals surface area contributed by atoms with Crippen molar-refractivity contribution in [2.24, 2.45) is 0 Å². The number of amides is 2. The molecule has 2 amide bonds. The summed E-state index contributed by atoms with van der Waals surface area (Å²) in [5.41, 5.74) is 0.741. The smallest absolute Gasteiger partial charge is 0.279 e. The largest absolute Gasteiger partial charge is 0.348 e. The summed E-state index contributed by atoms with van der Waals surface area (Å²) in [5.74, 6) is -0.0887. The fraction of sp³-hybridized carbons (Fsp3) is 0.467. The number of nitrogens with one attached hydrogen (secondary N) is 3. The van der Waals surface area contributed by atoms with Crippen molar-refractivity contribution >= 4 is 33.4 Å². The molecule has 21 heavy (non-hydrogen) atoms. The molecule has 0 radical (unpaired) electrons. The molecule has 0 bridgehead atoms. The number of likely N-dealkylation sites (N-methyl/N-ethyl adjacent to an activating group) is 1. The van der Waals surface area contributed by atoms with Gasteiger partial charge in [-0.15, -0.1) is 0 Å². The predicted octanol–water partition coefficient (Wildman–Crippen LogP) is 0.569. The number of carbonyl (C=O) groups excluding carboxylic acids is 2. The maximum Gasteiger partial charge on any atom is 0.279 e. The Kier molecular flexibility index (Phi) is 5.36. The number of hydrogen-bond donors (Lipinski definition) is 3. The Balaban J connectivity index is 1.83. The lowest BCUT2D eigenvalue weighted by atomic mass is 10.2. The summed E-state index contributed by atoms with van der Waals surface area (Å²) in [6.45, 7) is 2.10. The molecular weight excluding hydrogens is 334 g/mol. The van der Waals surface area contributed by atoms with Gasteiger partial charge in [0, 0.05) is 10.5 Å². The maximum absolute atomic E-state index is 12.1. The Morgan fingerprint density at radius 1 is 1.38 bits per heavy atom. The van der Waals surface area contributed by atoms with Crippen LogP contribution in [0.15, 0.2) is 28.7 Å². The molecule has 1 fully saturated rings. The zero-order valence-corrected chi connectivity index (χ0v) is 13.9. The minimum Gasteiger partial charge on any atom is -0.348 e. The molecule has 1 aliphatic carbocycles. The number of rotatable bonds is 6. The molecule has 0 aromatic heterocycles. The number of benzene rings is 1. The Labute approximate surface area is 133 Å². The second-order valence-electron chi connectivity index (χ2n) is 5.56. The van der Waals surface area contributed by atoms with Gasteiger partial charge in [0.2, 0.25) is 0 Å². The fourth-order valence-corrected chi connectivity index (χ4v) is 2.32. The first-order valence-electron chi connectivity index (χ1n) is 7.14. The van der Waals surface area contributed by atoms with E-state index in [0.29, 0.717) is 6.04 Å². The van der Waals surface area contributed by atoms with Gasteiger partial charge in [-0.2, -0.15) is 0 Å². The third-order valence-corrected chi connectivity index (χ3v) is 4.34. The highest BCUT2D eigenvalue weighted by atomic mass is 79.9. The molecule has 2 atom stereocenters. The summed E-state index contributed by atoms with van der Waals surface area (Å²) in [6.07, 6.45) is 2.14. The third kappa shape index (κ3) is 4.82. The highest BCUT2D eigenvalue weighted by Gasteiger charge is 2.29. The maximum atomic E-state index is 12.1. The highest BCUT2D eigenvalue weighted by molar-refractivity contribution is 9.10. The predicted molar refractivity (Wildman–Crippen MR) is 85.2 cm³/mol. The summed E-state index contributed by atoms with van der Waals surface area (Å²) in [4.78, 5) is 24.9. The summed E-state index contributed by atoms with van der Waals surface area (Å²) >= 11 is 3.39. The van der Waals surface area contributed by atoms with Crippen molar-refractivity contribution in [1.82, 2.24) is 5.32 Å². The molecule has 0 aliphatic heterocycles. The van der Waals surface area contributed by atoms with Crippen LogP contribution in [0.4, 0.5) is 5.69 Å². The van der Waals surface area contributed by atoms with Gasteiger partial charge in [0.1, 0.15) is 0 Å². The second kappa shape index (κ2) is 7.04. The van der Waals surface area contributed by atoms with Gasteiger partial charge in [-0.1, -0.05) is 12.1 Å². The Bertz CT molecular complexity index is 531. The quantitative estimate of drug-likeness (QED) is 0.699. The van der Waals surface area contributed by atoms with Crippen LogP contribution in [-0.4, -0.2) is 37.5 Å². The van der Waals surface area contributed by atoms with Gasteiger partial charge in [0.05, 0.1) is 12.7 Å². The van der Waals surface area contributed by atoms with E-state index >= 15 is 0 Å². The molecule has 1 aliphatic rings. The molecule has 1 aromatic rings. The van der Waals surface area contributed by atoms with E-state index < -0.39 is 0 Å². The molecular formula is C15H21BrN3O2+. The van der Waals surface area contributed by atoms with E-state index in [9.17, 15) is 9.59 Å². The van der Waals surface area contributed by atoms with E-state index in [1.54, 1.807) is 0 Å². The van der Waals surface area contributed by atoms with Crippen LogP contribution in [0, 0.1) is 0 Å². The first kappa shape index (κ1) is 16.0. The average molecular weight is 355 g/mol. The number of hydrogen-bond acceptors (Lipinski definition) is 2. The van der Waals surface area contributed by atoms with Crippen molar-refractivity contribution in [3.63, 3.8) is 0 Å². The summed E-state index contributed by atoms with van der Waals surface area (Å²) < 4.78 is 0.843. The van der Waals surface area contributed by atoms with E-state index in [1.807, 2.05) is 38.2 Å². The van der Waals surface area contributed by atoms with Gasteiger partial charge in [-0.25, -0.2) is 0 Å². The highest BCUT2D eigenvalue weighted by Crippen LogP contribution is 2.20. The number of quaternary nitrogens is 1. The van der Waals surface area contributed by atoms with Crippen LogP contribution in [0.1, 0.15) is 19.8 Å².